The molecular weight excluding hydrogens is 440 g/mol. The second-order valence-electron chi connectivity index (χ2n) is 7.90. The molecule has 2 heterocycles. The van der Waals surface area contributed by atoms with Crippen LogP contribution in [0.15, 0.2) is 29.5 Å². The van der Waals surface area contributed by atoms with E-state index < -0.39 is 23.1 Å². The van der Waals surface area contributed by atoms with Crippen molar-refractivity contribution in [1.29, 1.82) is 0 Å². The van der Waals surface area contributed by atoms with Gasteiger partial charge in [-0.25, -0.2) is 18.7 Å². The van der Waals surface area contributed by atoms with Crippen LogP contribution >= 0.6 is 11.8 Å². The number of rotatable bonds is 7. The zero-order chi connectivity index (χ0) is 23.1. The van der Waals surface area contributed by atoms with Crippen LogP contribution < -0.4 is 15.8 Å². The molecule has 0 saturated heterocycles. The van der Waals surface area contributed by atoms with Crippen molar-refractivity contribution in [2.75, 3.05) is 25.6 Å². The maximum atomic E-state index is 14.9. The van der Waals surface area contributed by atoms with Gasteiger partial charge in [-0.3, -0.25) is 9.79 Å². The van der Waals surface area contributed by atoms with Crippen molar-refractivity contribution in [2.24, 2.45) is 16.6 Å². The fourth-order valence-electron chi connectivity index (χ4n) is 4.21. The third-order valence-corrected chi connectivity index (χ3v) is 7.00. The van der Waals surface area contributed by atoms with Gasteiger partial charge >= 0.3 is 0 Å². The van der Waals surface area contributed by atoms with Gasteiger partial charge in [0, 0.05) is 30.3 Å². The molecule has 0 radical (unpaired) electrons. The lowest BCUT2D eigenvalue weighted by molar-refractivity contribution is 0.102. The summed E-state index contributed by atoms with van der Waals surface area (Å²) in [5.74, 6) is -2.55. The van der Waals surface area contributed by atoms with Crippen molar-refractivity contribution in [3.63, 3.8) is 0 Å². The first-order valence-electron chi connectivity index (χ1n) is 10.0. The Bertz CT molecular complexity index is 1080. The van der Waals surface area contributed by atoms with Crippen LogP contribution in [0.4, 0.5) is 14.5 Å². The SMILES string of the molecule is CCOc1cnc(C(=O)Nc2cc(F)c(F)c([C@@]3(C)N=C(N)S[C@@]4(COC)C[C@H]43)c2)cn1. The fourth-order valence-corrected chi connectivity index (χ4v) is 5.66. The molecule has 4 rings (SSSR count). The van der Waals surface area contributed by atoms with E-state index in [4.69, 9.17) is 15.2 Å². The molecule has 0 bridgehead atoms. The van der Waals surface area contributed by atoms with E-state index in [9.17, 15) is 13.6 Å². The summed E-state index contributed by atoms with van der Waals surface area (Å²) < 4.78 is 39.7. The van der Waals surface area contributed by atoms with Crippen LogP contribution in [-0.2, 0) is 10.3 Å². The molecule has 32 heavy (non-hydrogen) atoms. The lowest BCUT2D eigenvalue weighted by Crippen LogP contribution is -2.38. The van der Waals surface area contributed by atoms with Crippen molar-refractivity contribution < 1.29 is 23.0 Å². The Morgan fingerprint density at radius 3 is 2.78 bits per heavy atom. The van der Waals surface area contributed by atoms with Crippen LogP contribution in [-0.4, -0.2) is 46.1 Å². The van der Waals surface area contributed by atoms with Gasteiger partial charge in [-0.05, 0) is 26.3 Å². The number of aliphatic imine (C=N–C) groups is 1. The number of ether oxygens (including phenoxy) is 2. The molecule has 3 N–H and O–H groups in total. The number of anilines is 1. The average molecular weight is 464 g/mol. The molecule has 2 aliphatic rings. The highest BCUT2D eigenvalue weighted by Gasteiger charge is 2.66. The molecule has 1 amide bonds. The summed E-state index contributed by atoms with van der Waals surface area (Å²) in [6, 6.07) is 2.31. The van der Waals surface area contributed by atoms with Gasteiger partial charge in [0.05, 0.1) is 35.9 Å². The average Bonchev–Trinajstić information content (AvgIpc) is 3.46. The van der Waals surface area contributed by atoms with Gasteiger partial charge in [0.25, 0.3) is 5.91 Å². The topological polar surface area (TPSA) is 112 Å². The Labute approximate surface area is 188 Å². The number of carbonyl (C=O) groups is 1. The molecule has 11 heteroatoms. The summed E-state index contributed by atoms with van der Waals surface area (Å²) in [7, 11) is 1.59. The van der Waals surface area contributed by atoms with Crippen LogP contribution in [0, 0.1) is 17.6 Å². The fraction of sp³-hybridized carbons (Fsp3) is 0.429. The van der Waals surface area contributed by atoms with Gasteiger partial charge in [-0.1, -0.05) is 11.8 Å². The molecule has 1 aromatic carbocycles. The number of aromatic nitrogens is 2. The number of halogens is 2. The smallest absolute Gasteiger partial charge is 0.275 e. The van der Waals surface area contributed by atoms with E-state index in [1.54, 1.807) is 21.0 Å². The van der Waals surface area contributed by atoms with Gasteiger partial charge in [-0.2, -0.15) is 0 Å². The van der Waals surface area contributed by atoms with E-state index >= 15 is 0 Å². The van der Waals surface area contributed by atoms with Crippen LogP contribution in [0.25, 0.3) is 0 Å². The molecule has 2 aromatic rings. The van der Waals surface area contributed by atoms with E-state index in [1.807, 2.05) is 0 Å². The Morgan fingerprint density at radius 1 is 1.34 bits per heavy atom. The molecule has 8 nitrogen and oxygen atoms in total. The predicted octanol–water partition coefficient (Wildman–Crippen LogP) is 3.09. The number of carbonyl (C=O) groups excluding carboxylic acids is 1. The minimum Gasteiger partial charge on any atom is -0.477 e. The van der Waals surface area contributed by atoms with Crippen molar-refractivity contribution in [2.45, 2.75) is 30.6 Å². The van der Waals surface area contributed by atoms with Crippen LogP contribution in [0.5, 0.6) is 5.88 Å². The number of amidine groups is 1. The third kappa shape index (κ3) is 3.90. The van der Waals surface area contributed by atoms with E-state index in [0.717, 1.165) is 6.07 Å². The zero-order valence-electron chi connectivity index (χ0n) is 17.8. The summed E-state index contributed by atoms with van der Waals surface area (Å²) in [5.41, 5.74) is 5.05. The molecule has 170 valence electrons. The highest BCUT2D eigenvalue weighted by atomic mass is 32.2. The molecule has 1 aliphatic carbocycles. The number of hydrogen-bond donors (Lipinski definition) is 2. The van der Waals surface area contributed by atoms with Gasteiger partial charge in [0.1, 0.15) is 5.69 Å². The predicted molar refractivity (Wildman–Crippen MR) is 117 cm³/mol. The Balaban J connectivity index is 1.64. The highest BCUT2D eigenvalue weighted by Crippen LogP contribution is 2.66. The first kappa shape index (κ1) is 22.4. The summed E-state index contributed by atoms with van der Waals surface area (Å²) in [6.07, 6.45) is 3.26. The van der Waals surface area contributed by atoms with Gasteiger partial charge < -0.3 is 20.5 Å². The molecular formula is C21H23F2N5O3S. The van der Waals surface area contributed by atoms with Crippen LogP contribution in [0.1, 0.15) is 36.3 Å². The first-order valence-corrected chi connectivity index (χ1v) is 10.8. The van der Waals surface area contributed by atoms with E-state index in [1.165, 1.54) is 30.2 Å². The number of nitrogens with two attached hydrogens (primary N) is 1. The summed E-state index contributed by atoms with van der Waals surface area (Å²) in [5, 5.41) is 2.84. The molecule has 1 fully saturated rings. The normalized spacial score (nSPS) is 26.2. The van der Waals surface area contributed by atoms with E-state index in [2.05, 4.69) is 20.3 Å². The number of benzene rings is 1. The second kappa shape index (κ2) is 8.28. The minimum atomic E-state index is -1.10. The summed E-state index contributed by atoms with van der Waals surface area (Å²) >= 11 is 1.40. The molecule has 1 aromatic heterocycles. The number of methoxy groups -OCH3 is 1. The lowest BCUT2D eigenvalue weighted by atomic mass is 9.85. The lowest BCUT2D eigenvalue weighted by Gasteiger charge is -2.34. The Kier molecular flexibility index (Phi) is 5.80. The number of hydrogen-bond acceptors (Lipinski definition) is 8. The number of nitrogens with one attached hydrogen (secondary N) is 1. The maximum Gasteiger partial charge on any atom is 0.275 e. The zero-order valence-corrected chi connectivity index (χ0v) is 18.6. The summed E-state index contributed by atoms with van der Waals surface area (Å²) in [6.45, 7) is 4.36. The molecule has 0 spiro atoms. The largest absolute Gasteiger partial charge is 0.477 e. The number of fused-ring (bicyclic) bond motifs is 1. The van der Waals surface area contributed by atoms with Gasteiger partial charge in [-0.15, -0.1) is 0 Å². The van der Waals surface area contributed by atoms with Crippen molar-refractivity contribution in [1.82, 2.24) is 9.97 Å². The Morgan fingerprint density at radius 2 is 2.12 bits per heavy atom. The quantitative estimate of drug-likeness (QED) is 0.649. The molecule has 1 saturated carbocycles. The second-order valence-corrected chi connectivity index (χ2v) is 9.34. The minimum absolute atomic E-state index is 0.00332. The number of amides is 1. The molecule has 3 atom stereocenters. The third-order valence-electron chi connectivity index (χ3n) is 5.73. The Hall–Kier alpha value is -2.79. The van der Waals surface area contributed by atoms with Crippen LogP contribution in [0.2, 0.25) is 0 Å². The maximum absolute atomic E-state index is 14.9. The molecule has 0 unspecified atom stereocenters. The van der Waals surface area contributed by atoms with Crippen molar-refractivity contribution in [3.8, 4) is 5.88 Å². The first-order chi connectivity index (χ1) is 15.2. The highest BCUT2D eigenvalue weighted by molar-refractivity contribution is 8.15. The van der Waals surface area contributed by atoms with E-state index in [-0.39, 0.29) is 38.7 Å². The van der Waals surface area contributed by atoms with E-state index in [0.29, 0.717) is 19.6 Å². The number of thioether (sulfide) groups is 1. The standard InChI is InChI=1S/C21H23F2N5O3S/c1-4-31-16-9-25-14(8-26-16)18(29)27-11-5-12(17(23)13(22)6-11)20(2)15-7-21(15,10-30-3)32-19(24)28-20/h5-6,8-9,15H,4,7,10H2,1-3H3,(H2,24,28)(H,27,29)/t15-,20+,21+/m0/s1. The number of nitrogens with zero attached hydrogens (tertiary/aromatic N) is 3. The van der Waals surface area contributed by atoms with Crippen LogP contribution in [0.3, 0.4) is 0 Å². The van der Waals surface area contributed by atoms with Crippen molar-refractivity contribution >= 4 is 28.5 Å². The van der Waals surface area contributed by atoms with Gasteiger partial charge in [0.15, 0.2) is 16.8 Å². The summed E-state index contributed by atoms with van der Waals surface area (Å²) in [4.78, 5) is 25.0. The van der Waals surface area contributed by atoms with Gasteiger partial charge in [0.2, 0.25) is 5.88 Å². The molecule has 1 aliphatic heterocycles. The monoisotopic (exact) mass is 463 g/mol. The van der Waals surface area contributed by atoms with Crippen molar-refractivity contribution in [3.05, 3.63) is 47.4 Å².